The third-order valence-corrected chi connectivity index (χ3v) is 4.67. The fraction of sp³-hybridized carbons (Fsp3) is 0.250. The molecule has 0 bridgehead atoms. The van der Waals surface area contributed by atoms with Gasteiger partial charge in [0.2, 0.25) is 0 Å². The first-order valence-electron chi connectivity index (χ1n) is 8.19. The fourth-order valence-electron chi connectivity index (χ4n) is 3.66. The number of benzene rings is 2. The molecular formula is C20H21N3. The standard InChI is InChI=1S/C20H21N3/c1-4-23-20-19(14(3)22-23)18(12-13(2)21-20)17-11-7-9-15-8-5-6-10-16(15)17/h5-12,18,21H,4H2,1-3H3. The Morgan fingerprint density at radius 2 is 1.87 bits per heavy atom. The van der Waals surface area contributed by atoms with Crippen molar-refractivity contribution in [1.82, 2.24) is 9.78 Å². The van der Waals surface area contributed by atoms with Crippen LogP contribution in [0, 0.1) is 6.92 Å². The van der Waals surface area contributed by atoms with Gasteiger partial charge in [0.05, 0.1) is 5.69 Å². The van der Waals surface area contributed by atoms with Gasteiger partial charge in [-0.3, -0.25) is 0 Å². The molecule has 3 nitrogen and oxygen atoms in total. The summed E-state index contributed by atoms with van der Waals surface area (Å²) >= 11 is 0. The maximum Gasteiger partial charge on any atom is 0.132 e. The second kappa shape index (κ2) is 5.27. The molecule has 1 N–H and O–H groups in total. The van der Waals surface area contributed by atoms with Gasteiger partial charge >= 0.3 is 0 Å². The summed E-state index contributed by atoms with van der Waals surface area (Å²) in [5.41, 5.74) is 4.94. The number of rotatable bonds is 2. The van der Waals surface area contributed by atoms with Crippen LogP contribution >= 0.6 is 0 Å². The molecule has 4 rings (SSSR count). The zero-order chi connectivity index (χ0) is 16.0. The van der Waals surface area contributed by atoms with Gasteiger partial charge in [0.15, 0.2) is 0 Å². The molecule has 2 aromatic carbocycles. The summed E-state index contributed by atoms with van der Waals surface area (Å²) in [7, 11) is 0. The molecule has 116 valence electrons. The number of nitrogens with zero attached hydrogens (tertiary/aromatic N) is 2. The summed E-state index contributed by atoms with van der Waals surface area (Å²) in [6, 6.07) is 15.2. The van der Waals surface area contributed by atoms with E-state index in [0.29, 0.717) is 0 Å². The van der Waals surface area contributed by atoms with Crippen molar-refractivity contribution in [1.29, 1.82) is 0 Å². The topological polar surface area (TPSA) is 29.9 Å². The Morgan fingerprint density at radius 1 is 1.09 bits per heavy atom. The summed E-state index contributed by atoms with van der Waals surface area (Å²) < 4.78 is 2.07. The van der Waals surface area contributed by atoms with Crippen molar-refractivity contribution in [2.75, 3.05) is 5.32 Å². The van der Waals surface area contributed by atoms with E-state index in [-0.39, 0.29) is 5.92 Å². The van der Waals surface area contributed by atoms with E-state index in [4.69, 9.17) is 5.10 Å². The lowest BCUT2D eigenvalue weighted by molar-refractivity contribution is 0.659. The number of fused-ring (bicyclic) bond motifs is 2. The highest BCUT2D eigenvalue weighted by atomic mass is 15.3. The Labute approximate surface area is 136 Å². The average Bonchev–Trinajstić information content (AvgIpc) is 2.89. The number of hydrogen-bond acceptors (Lipinski definition) is 2. The molecule has 1 atom stereocenters. The van der Waals surface area contributed by atoms with Gasteiger partial charge in [-0.05, 0) is 37.1 Å². The van der Waals surface area contributed by atoms with E-state index in [1.165, 1.54) is 27.6 Å². The van der Waals surface area contributed by atoms with E-state index in [9.17, 15) is 0 Å². The van der Waals surface area contributed by atoms with Gasteiger partial charge < -0.3 is 5.32 Å². The molecule has 23 heavy (non-hydrogen) atoms. The van der Waals surface area contributed by atoms with Crippen LogP contribution in [0.2, 0.25) is 0 Å². The molecule has 1 aromatic heterocycles. The van der Waals surface area contributed by atoms with Crippen LogP contribution in [-0.4, -0.2) is 9.78 Å². The largest absolute Gasteiger partial charge is 0.344 e. The molecule has 3 heteroatoms. The predicted molar refractivity (Wildman–Crippen MR) is 95.8 cm³/mol. The van der Waals surface area contributed by atoms with Crippen LogP contribution in [0.5, 0.6) is 0 Å². The average molecular weight is 303 g/mol. The number of nitrogens with one attached hydrogen (secondary N) is 1. The zero-order valence-electron chi connectivity index (χ0n) is 13.8. The molecule has 3 aromatic rings. The minimum atomic E-state index is 0.248. The van der Waals surface area contributed by atoms with Crippen LogP contribution in [0.1, 0.15) is 36.6 Å². The van der Waals surface area contributed by atoms with Crippen molar-refractivity contribution >= 4 is 16.6 Å². The first-order chi connectivity index (χ1) is 11.2. The van der Waals surface area contributed by atoms with Crippen molar-refractivity contribution < 1.29 is 0 Å². The summed E-state index contributed by atoms with van der Waals surface area (Å²) in [5, 5.41) is 10.8. The van der Waals surface area contributed by atoms with Crippen LogP contribution in [-0.2, 0) is 6.54 Å². The normalized spacial score (nSPS) is 16.8. The third-order valence-electron chi connectivity index (χ3n) is 4.67. The van der Waals surface area contributed by atoms with Gasteiger partial charge in [0, 0.05) is 23.7 Å². The molecular weight excluding hydrogens is 282 g/mol. The van der Waals surface area contributed by atoms with Crippen molar-refractivity contribution in [3.05, 3.63) is 71.1 Å². The summed E-state index contributed by atoms with van der Waals surface area (Å²) in [6.45, 7) is 7.25. The van der Waals surface area contributed by atoms with E-state index in [2.05, 4.69) is 79.3 Å². The van der Waals surface area contributed by atoms with Crippen LogP contribution in [0.3, 0.4) is 0 Å². The molecule has 2 heterocycles. The molecule has 0 radical (unpaired) electrons. The van der Waals surface area contributed by atoms with Crippen molar-refractivity contribution in [3.8, 4) is 0 Å². The monoisotopic (exact) mass is 303 g/mol. The number of aromatic nitrogens is 2. The Balaban J connectivity index is 1.98. The zero-order valence-corrected chi connectivity index (χ0v) is 13.8. The molecule has 0 fully saturated rings. The maximum absolute atomic E-state index is 4.72. The summed E-state index contributed by atoms with van der Waals surface area (Å²) in [5.74, 6) is 1.39. The van der Waals surface area contributed by atoms with E-state index in [0.717, 1.165) is 18.1 Å². The SMILES string of the molecule is CCn1nc(C)c2c1NC(C)=CC2c1cccc2ccccc12. The van der Waals surface area contributed by atoms with Crippen LogP contribution in [0.4, 0.5) is 5.82 Å². The molecule has 1 unspecified atom stereocenters. The molecule has 1 aliphatic rings. The van der Waals surface area contributed by atoms with Crippen molar-refractivity contribution in [2.24, 2.45) is 0 Å². The van der Waals surface area contributed by atoms with Crippen LogP contribution < -0.4 is 5.32 Å². The van der Waals surface area contributed by atoms with E-state index >= 15 is 0 Å². The predicted octanol–water partition coefficient (Wildman–Crippen LogP) is 4.83. The number of aryl methyl sites for hydroxylation is 2. The van der Waals surface area contributed by atoms with Gasteiger partial charge in [-0.2, -0.15) is 5.10 Å². The molecule has 0 saturated carbocycles. The van der Waals surface area contributed by atoms with Crippen LogP contribution in [0.15, 0.2) is 54.2 Å². The second-order valence-electron chi connectivity index (χ2n) is 6.18. The van der Waals surface area contributed by atoms with Gasteiger partial charge in [0.1, 0.15) is 5.82 Å². The van der Waals surface area contributed by atoms with Gasteiger partial charge in [-0.1, -0.05) is 48.5 Å². The quantitative estimate of drug-likeness (QED) is 0.735. The Hall–Kier alpha value is -2.55. The third kappa shape index (κ3) is 2.15. The lowest BCUT2D eigenvalue weighted by Gasteiger charge is -2.24. The maximum atomic E-state index is 4.72. The Bertz CT molecular complexity index is 913. The molecule has 0 spiro atoms. The van der Waals surface area contributed by atoms with E-state index < -0.39 is 0 Å². The Morgan fingerprint density at radius 3 is 2.70 bits per heavy atom. The number of allylic oxidation sites excluding steroid dienone is 2. The van der Waals surface area contributed by atoms with Gasteiger partial charge in [-0.15, -0.1) is 0 Å². The fourth-order valence-corrected chi connectivity index (χ4v) is 3.66. The van der Waals surface area contributed by atoms with E-state index in [1.807, 2.05) is 0 Å². The molecule has 0 aliphatic carbocycles. The highest BCUT2D eigenvalue weighted by Crippen LogP contribution is 2.41. The smallest absolute Gasteiger partial charge is 0.132 e. The number of anilines is 1. The molecule has 0 amide bonds. The Kier molecular flexibility index (Phi) is 3.22. The lowest BCUT2D eigenvalue weighted by Crippen LogP contribution is -2.14. The van der Waals surface area contributed by atoms with Crippen LogP contribution in [0.25, 0.3) is 10.8 Å². The highest BCUT2D eigenvalue weighted by Gasteiger charge is 2.27. The first-order valence-corrected chi connectivity index (χ1v) is 8.19. The van der Waals surface area contributed by atoms with Gasteiger partial charge in [0.25, 0.3) is 0 Å². The first kappa shape index (κ1) is 14.1. The van der Waals surface area contributed by atoms with Crippen molar-refractivity contribution in [3.63, 3.8) is 0 Å². The second-order valence-corrected chi connectivity index (χ2v) is 6.18. The number of hydrogen-bond donors (Lipinski definition) is 1. The van der Waals surface area contributed by atoms with E-state index in [1.54, 1.807) is 0 Å². The van der Waals surface area contributed by atoms with Crippen molar-refractivity contribution in [2.45, 2.75) is 33.2 Å². The minimum absolute atomic E-state index is 0.248. The lowest BCUT2D eigenvalue weighted by atomic mass is 9.85. The minimum Gasteiger partial charge on any atom is -0.344 e. The van der Waals surface area contributed by atoms with Gasteiger partial charge in [-0.25, -0.2) is 4.68 Å². The molecule has 1 aliphatic heterocycles. The summed E-state index contributed by atoms with van der Waals surface area (Å²) in [6.07, 6.45) is 2.32. The molecule has 0 saturated heterocycles. The highest BCUT2D eigenvalue weighted by molar-refractivity contribution is 5.87. The summed E-state index contributed by atoms with van der Waals surface area (Å²) in [4.78, 5) is 0.